The molecule has 0 aromatic heterocycles. The fraction of sp³-hybridized carbons (Fsp3) is 0.875. The molecule has 3 fully saturated rings. The highest BCUT2D eigenvalue weighted by molar-refractivity contribution is 5.76. The summed E-state index contributed by atoms with van der Waals surface area (Å²) in [4.78, 5) is 35.0. The van der Waals surface area contributed by atoms with E-state index < -0.39 is 136 Å². The average Bonchev–Trinajstić information content (AvgIpc) is 2.99. The highest BCUT2D eigenvalue weighted by Gasteiger charge is 2.57. The summed E-state index contributed by atoms with van der Waals surface area (Å²) in [6.07, 6.45) is -24.7. The Morgan fingerprint density at radius 3 is 2.20 bits per heavy atom. The topological polar surface area (TPSA) is 344 Å². The standard InChI is InChI=1S/C24H40N2O19/c1-7(30)26-13-16(35)19(10(4-28)42-21(13)38)44-22-18(37)17(36)15(34)11(43-22)5-41-24(23(39)40)2-8(31)12(25-6-29)20(45-24)14(33)9(32)3-27/h6,8-22,27-28,31-38H,2-5H2,1H3,(H,25,29)(H,26,30)(H,39,40)/t8-,9+,10+,11+,12+,13+,14+,15-,16+,17-,18+,19+,20+,21?,22-,24+/m0/s1. The van der Waals surface area contributed by atoms with Crippen LogP contribution in [0.2, 0.25) is 0 Å². The van der Waals surface area contributed by atoms with Gasteiger partial charge < -0.3 is 90.5 Å². The highest BCUT2D eigenvalue weighted by atomic mass is 16.8. The summed E-state index contributed by atoms with van der Waals surface area (Å²) in [5.74, 6) is -5.39. The predicted molar refractivity (Wildman–Crippen MR) is 137 cm³/mol. The summed E-state index contributed by atoms with van der Waals surface area (Å²) in [5.41, 5.74) is 0. The van der Waals surface area contributed by atoms with Gasteiger partial charge in [-0.25, -0.2) is 4.79 Å². The van der Waals surface area contributed by atoms with Gasteiger partial charge in [0.25, 0.3) is 5.79 Å². The molecular weight excluding hydrogens is 620 g/mol. The second-order valence-corrected chi connectivity index (χ2v) is 10.9. The number of hydrogen-bond donors (Lipinski definition) is 13. The van der Waals surface area contributed by atoms with Crippen LogP contribution in [0.15, 0.2) is 0 Å². The van der Waals surface area contributed by atoms with Gasteiger partial charge in [0.1, 0.15) is 67.1 Å². The van der Waals surface area contributed by atoms with Crippen LogP contribution in [0.1, 0.15) is 13.3 Å². The Morgan fingerprint density at radius 1 is 0.978 bits per heavy atom. The van der Waals surface area contributed by atoms with Crippen LogP contribution < -0.4 is 10.6 Å². The van der Waals surface area contributed by atoms with Crippen LogP contribution in [-0.4, -0.2) is 192 Å². The fourth-order valence-electron chi connectivity index (χ4n) is 5.33. The Balaban J connectivity index is 1.82. The van der Waals surface area contributed by atoms with Crippen molar-refractivity contribution in [3.8, 4) is 0 Å². The van der Waals surface area contributed by atoms with E-state index in [0.29, 0.717) is 0 Å². The summed E-state index contributed by atoms with van der Waals surface area (Å²) in [7, 11) is 0. The number of nitrogens with one attached hydrogen (secondary N) is 2. The van der Waals surface area contributed by atoms with E-state index in [9.17, 15) is 70.6 Å². The highest BCUT2D eigenvalue weighted by Crippen LogP contribution is 2.35. The molecule has 0 spiro atoms. The molecule has 3 saturated heterocycles. The molecule has 260 valence electrons. The number of carbonyl (C=O) groups is 3. The van der Waals surface area contributed by atoms with Crippen molar-refractivity contribution in [3.05, 3.63) is 0 Å². The van der Waals surface area contributed by atoms with E-state index in [1.807, 2.05) is 0 Å². The lowest BCUT2D eigenvalue weighted by atomic mass is 9.88. The molecule has 2 amide bonds. The number of hydrogen-bond acceptors (Lipinski definition) is 18. The molecule has 0 bridgehead atoms. The van der Waals surface area contributed by atoms with Crippen molar-refractivity contribution in [3.63, 3.8) is 0 Å². The average molecular weight is 661 g/mol. The van der Waals surface area contributed by atoms with Gasteiger partial charge in [0, 0.05) is 13.3 Å². The van der Waals surface area contributed by atoms with Crippen LogP contribution in [-0.2, 0) is 38.1 Å². The summed E-state index contributed by atoms with van der Waals surface area (Å²) < 4.78 is 27.1. The Morgan fingerprint density at radius 2 is 1.64 bits per heavy atom. The Labute approximate surface area is 254 Å². The third-order valence-corrected chi connectivity index (χ3v) is 7.76. The Kier molecular flexibility index (Phi) is 12.9. The third kappa shape index (κ3) is 8.04. The number of carboxylic acids is 1. The van der Waals surface area contributed by atoms with Crippen LogP contribution in [0.3, 0.4) is 0 Å². The zero-order valence-electron chi connectivity index (χ0n) is 23.8. The lowest BCUT2D eigenvalue weighted by molar-refractivity contribution is -0.358. The van der Waals surface area contributed by atoms with Gasteiger partial charge in [0.15, 0.2) is 12.6 Å². The Hall–Kier alpha value is -2.19. The van der Waals surface area contributed by atoms with Gasteiger partial charge in [-0.2, -0.15) is 0 Å². The first kappa shape index (κ1) is 37.3. The van der Waals surface area contributed by atoms with Crippen molar-refractivity contribution in [2.45, 2.75) is 111 Å². The maximum absolute atomic E-state index is 12.4. The molecule has 3 aliphatic rings. The number of ether oxygens (including phenoxy) is 5. The maximum Gasteiger partial charge on any atom is 0.364 e. The van der Waals surface area contributed by atoms with E-state index in [1.165, 1.54) is 0 Å². The summed E-state index contributed by atoms with van der Waals surface area (Å²) >= 11 is 0. The Bertz CT molecular complexity index is 1010. The van der Waals surface area contributed by atoms with E-state index in [1.54, 1.807) is 0 Å². The molecule has 3 aliphatic heterocycles. The molecule has 0 saturated carbocycles. The first-order valence-corrected chi connectivity index (χ1v) is 13.8. The van der Waals surface area contributed by atoms with Crippen molar-refractivity contribution in [1.82, 2.24) is 10.6 Å². The predicted octanol–water partition coefficient (Wildman–Crippen LogP) is -8.47. The zero-order chi connectivity index (χ0) is 33.8. The SMILES string of the molecule is CC(=O)N[C@H]1C(O)O[C@H](CO)[C@@H](O[C@@H]2O[C@H](CO[C@]3(C(=O)O)C[C@H](O)[C@@H](NC=O)[C@H]([C@H](O)[C@H](O)CO)O3)[C@H](O)[C@H](O)[C@H]2O)[C@@H]1O. The molecule has 45 heavy (non-hydrogen) atoms. The first-order chi connectivity index (χ1) is 21.1. The number of carbonyl (C=O) groups excluding carboxylic acids is 2. The van der Waals surface area contributed by atoms with Gasteiger partial charge in [-0.05, 0) is 0 Å². The smallest absolute Gasteiger partial charge is 0.364 e. The van der Waals surface area contributed by atoms with Gasteiger partial charge >= 0.3 is 5.97 Å². The fourth-order valence-corrected chi connectivity index (χ4v) is 5.33. The van der Waals surface area contributed by atoms with Crippen LogP contribution in [0.5, 0.6) is 0 Å². The second kappa shape index (κ2) is 15.6. The minimum absolute atomic E-state index is 0.116. The first-order valence-electron chi connectivity index (χ1n) is 13.8. The third-order valence-electron chi connectivity index (χ3n) is 7.76. The molecule has 16 atom stereocenters. The number of carboxylic acid groups (broad SMARTS) is 1. The van der Waals surface area contributed by atoms with E-state index >= 15 is 0 Å². The molecule has 0 aromatic rings. The molecule has 1 unspecified atom stereocenters. The summed E-state index contributed by atoms with van der Waals surface area (Å²) in [6, 6.07) is -2.95. The lowest BCUT2D eigenvalue weighted by Crippen LogP contribution is -2.68. The van der Waals surface area contributed by atoms with E-state index in [4.69, 9.17) is 23.7 Å². The van der Waals surface area contributed by atoms with Crippen molar-refractivity contribution >= 4 is 18.3 Å². The quantitative estimate of drug-likeness (QED) is 0.0815. The minimum Gasteiger partial charge on any atom is -0.477 e. The van der Waals surface area contributed by atoms with Gasteiger partial charge in [0.05, 0.1) is 32.0 Å². The molecule has 0 aliphatic carbocycles. The number of aliphatic hydroxyl groups excluding tert-OH is 10. The van der Waals surface area contributed by atoms with E-state index in [-0.39, 0.29) is 6.41 Å². The number of rotatable bonds is 13. The second-order valence-electron chi connectivity index (χ2n) is 10.9. The van der Waals surface area contributed by atoms with E-state index in [0.717, 1.165) is 6.92 Å². The van der Waals surface area contributed by atoms with Crippen molar-refractivity contribution in [2.75, 3.05) is 19.8 Å². The van der Waals surface area contributed by atoms with Crippen LogP contribution in [0, 0.1) is 0 Å². The van der Waals surface area contributed by atoms with Gasteiger partial charge in [-0.15, -0.1) is 0 Å². The summed E-state index contributed by atoms with van der Waals surface area (Å²) in [6.45, 7) is -1.75. The number of amides is 2. The number of aliphatic hydroxyl groups is 10. The van der Waals surface area contributed by atoms with E-state index in [2.05, 4.69) is 10.6 Å². The van der Waals surface area contributed by atoms with Crippen LogP contribution in [0.4, 0.5) is 0 Å². The molecule has 3 heterocycles. The lowest BCUT2D eigenvalue weighted by Gasteiger charge is -2.48. The van der Waals surface area contributed by atoms with Crippen molar-refractivity contribution in [1.29, 1.82) is 0 Å². The maximum atomic E-state index is 12.4. The van der Waals surface area contributed by atoms with Crippen LogP contribution >= 0.6 is 0 Å². The molecule has 21 heteroatoms. The van der Waals surface area contributed by atoms with Crippen molar-refractivity contribution < 1.29 is 94.2 Å². The van der Waals surface area contributed by atoms with Gasteiger partial charge in [-0.1, -0.05) is 0 Å². The molecule has 0 radical (unpaired) electrons. The van der Waals surface area contributed by atoms with Gasteiger partial charge in [0.2, 0.25) is 12.3 Å². The van der Waals surface area contributed by atoms with Crippen LogP contribution in [0.25, 0.3) is 0 Å². The zero-order valence-corrected chi connectivity index (χ0v) is 23.8. The molecule has 0 aromatic carbocycles. The summed E-state index contributed by atoms with van der Waals surface area (Å²) in [5, 5.41) is 117. The molecule has 21 nitrogen and oxygen atoms in total. The largest absolute Gasteiger partial charge is 0.477 e. The molecule has 13 N–H and O–H groups in total. The van der Waals surface area contributed by atoms with Crippen molar-refractivity contribution in [2.24, 2.45) is 0 Å². The minimum atomic E-state index is -2.83. The van der Waals surface area contributed by atoms with Gasteiger partial charge in [-0.3, -0.25) is 9.59 Å². The normalized spacial score (nSPS) is 43.6. The molecule has 3 rings (SSSR count). The molecular formula is C24H40N2O19. The monoisotopic (exact) mass is 660 g/mol. The number of aliphatic carboxylic acids is 1.